The van der Waals surface area contributed by atoms with Gasteiger partial charge in [-0.3, -0.25) is 0 Å². The highest BCUT2D eigenvalue weighted by Crippen LogP contribution is 2.25. The normalized spacial score (nSPS) is 13.1. The van der Waals surface area contributed by atoms with Crippen molar-refractivity contribution in [1.29, 1.82) is 0 Å². The van der Waals surface area contributed by atoms with Crippen molar-refractivity contribution < 1.29 is 9.47 Å². The van der Waals surface area contributed by atoms with Crippen molar-refractivity contribution in [3.63, 3.8) is 0 Å². The molecule has 0 heterocycles. The van der Waals surface area contributed by atoms with Crippen LogP contribution in [0.5, 0.6) is 11.5 Å². The molecule has 1 atom stereocenters. The summed E-state index contributed by atoms with van der Waals surface area (Å²) in [7, 11) is 1.64. The smallest absolute Gasteiger partial charge is 0.161 e. The molecular weight excluding hydrogens is 274 g/mol. The maximum atomic E-state index is 6.29. The van der Waals surface area contributed by atoms with Gasteiger partial charge in [0.1, 0.15) is 6.61 Å². The summed E-state index contributed by atoms with van der Waals surface area (Å²) in [4.78, 5) is 0. The molecule has 1 unspecified atom stereocenters. The number of methoxy groups -OCH3 is 1. The summed E-state index contributed by atoms with van der Waals surface area (Å²) in [6.07, 6.45) is 0.995. The van der Waals surface area contributed by atoms with Crippen LogP contribution in [0.2, 0.25) is 0 Å². The number of benzene rings is 1. The molecule has 0 fully saturated rings. The lowest BCUT2D eigenvalue weighted by atomic mass is 9.90. The van der Waals surface area contributed by atoms with Gasteiger partial charge in [0.2, 0.25) is 0 Å². The van der Waals surface area contributed by atoms with Gasteiger partial charge >= 0.3 is 0 Å². The van der Waals surface area contributed by atoms with Gasteiger partial charge in [0.15, 0.2) is 11.5 Å². The van der Waals surface area contributed by atoms with Gasteiger partial charge in [-0.15, -0.1) is 11.6 Å². The Morgan fingerprint density at radius 1 is 1.20 bits per heavy atom. The Labute approximate surface area is 127 Å². The van der Waals surface area contributed by atoms with E-state index in [4.69, 9.17) is 21.1 Å². The Bertz CT molecular complexity index is 390. The zero-order valence-corrected chi connectivity index (χ0v) is 13.7. The van der Waals surface area contributed by atoms with Crippen molar-refractivity contribution in [1.82, 2.24) is 5.32 Å². The molecule has 0 radical (unpaired) electrons. The number of alkyl halides is 1. The zero-order valence-electron chi connectivity index (χ0n) is 12.9. The Kier molecular flexibility index (Phi) is 7.17. The number of halogens is 1. The highest BCUT2D eigenvalue weighted by Gasteiger charge is 2.16. The fraction of sp³-hybridized carbons (Fsp3) is 0.625. The van der Waals surface area contributed by atoms with Crippen LogP contribution in [0.1, 0.15) is 27.2 Å². The first-order valence-electron chi connectivity index (χ1n) is 7.03. The van der Waals surface area contributed by atoms with Crippen LogP contribution in [0.3, 0.4) is 0 Å². The minimum Gasteiger partial charge on any atom is -0.493 e. The Morgan fingerprint density at radius 3 is 2.45 bits per heavy atom. The largest absolute Gasteiger partial charge is 0.493 e. The molecule has 1 rings (SSSR count). The molecule has 0 spiro atoms. The second kappa shape index (κ2) is 8.38. The summed E-state index contributed by atoms with van der Waals surface area (Å²) in [6.45, 7) is 8.77. The minimum atomic E-state index is 0.154. The summed E-state index contributed by atoms with van der Waals surface area (Å²) < 4.78 is 10.9. The van der Waals surface area contributed by atoms with Crippen LogP contribution in [0, 0.1) is 5.41 Å². The molecule has 1 aromatic rings. The van der Waals surface area contributed by atoms with E-state index in [1.165, 1.54) is 0 Å². The second-order valence-corrected chi connectivity index (χ2v) is 6.68. The lowest BCUT2D eigenvalue weighted by Gasteiger charge is -2.22. The monoisotopic (exact) mass is 299 g/mol. The lowest BCUT2D eigenvalue weighted by Crippen LogP contribution is -2.29. The molecule has 0 amide bonds. The summed E-state index contributed by atoms with van der Waals surface area (Å²) in [5.41, 5.74) is 0.266. The van der Waals surface area contributed by atoms with Gasteiger partial charge in [0.05, 0.1) is 7.11 Å². The predicted octanol–water partition coefficient (Wildman–Crippen LogP) is 3.71. The van der Waals surface area contributed by atoms with Crippen molar-refractivity contribution in [3.8, 4) is 11.5 Å². The van der Waals surface area contributed by atoms with E-state index >= 15 is 0 Å². The summed E-state index contributed by atoms with van der Waals surface area (Å²) in [5, 5.41) is 3.47. The molecule has 0 aliphatic rings. The van der Waals surface area contributed by atoms with E-state index in [1.54, 1.807) is 7.11 Å². The molecule has 0 saturated heterocycles. The van der Waals surface area contributed by atoms with Crippen LogP contribution in [0.25, 0.3) is 0 Å². The number of hydrogen-bond acceptors (Lipinski definition) is 3. The number of rotatable bonds is 8. The molecule has 0 bridgehead atoms. The first-order valence-corrected chi connectivity index (χ1v) is 7.46. The van der Waals surface area contributed by atoms with Crippen molar-refractivity contribution in [2.24, 2.45) is 5.41 Å². The molecule has 114 valence electrons. The minimum absolute atomic E-state index is 0.154. The molecule has 1 aromatic carbocycles. The fourth-order valence-electron chi connectivity index (χ4n) is 1.97. The quantitative estimate of drug-likeness (QED) is 0.586. The molecule has 1 N–H and O–H groups in total. The maximum Gasteiger partial charge on any atom is 0.161 e. The van der Waals surface area contributed by atoms with E-state index in [1.807, 2.05) is 24.3 Å². The standard InChI is InChI=1S/C16H26ClNO2/c1-16(2,3)11-13(17)12-18-9-10-20-15-8-6-5-7-14(15)19-4/h5-8,13,18H,9-12H2,1-4H3. The van der Waals surface area contributed by atoms with Gasteiger partial charge in [-0.25, -0.2) is 0 Å². The third-order valence-corrected chi connectivity index (χ3v) is 3.11. The average Bonchev–Trinajstić information content (AvgIpc) is 2.36. The number of ether oxygens (including phenoxy) is 2. The molecule has 3 nitrogen and oxygen atoms in total. The molecule has 20 heavy (non-hydrogen) atoms. The second-order valence-electron chi connectivity index (χ2n) is 6.07. The van der Waals surface area contributed by atoms with E-state index in [-0.39, 0.29) is 10.8 Å². The van der Waals surface area contributed by atoms with Crippen LogP contribution in [-0.4, -0.2) is 32.2 Å². The third kappa shape index (κ3) is 7.01. The van der Waals surface area contributed by atoms with Gasteiger partial charge in [-0.1, -0.05) is 32.9 Å². The molecule has 0 saturated carbocycles. The highest BCUT2D eigenvalue weighted by atomic mass is 35.5. The average molecular weight is 300 g/mol. The number of hydrogen-bond donors (Lipinski definition) is 1. The lowest BCUT2D eigenvalue weighted by molar-refractivity contribution is 0.290. The Balaban J connectivity index is 2.19. The summed E-state index contributed by atoms with van der Waals surface area (Å²) in [6, 6.07) is 7.65. The van der Waals surface area contributed by atoms with E-state index < -0.39 is 0 Å². The number of nitrogens with one attached hydrogen (secondary N) is 1. The van der Waals surface area contributed by atoms with E-state index in [9.17, 15) is 0 Å². The van der Waals surface area contributed by atoms with Crippen molar-refractivity contribution in [2.45, 2.75) is 32.6 Å². The highest BCUT2D eigenvalue weighted by molar-refractivity contribution is 6.20. The van der Waals surface area contributed by atoms with Gasteiger partial charge in [-0.2, -0.15) is 0 Å². The Hall–Kier alpha value is -0.930. The van der Waals surface area contributed by atoms with Gasteiger partial charge in [-0.05, 0) is 24.0 Å². The molecule has 0 aliphatic carbocycles. The molecular formula is C16H26ClNO2. The van der Waals surface area contributed by atoms with Gasteiger partial charge in [0, 0.05) is 18.5 Å². The molecule has 0 aromatic heterocycles. The first kappa shape index (κ1) is 17.1. The van der Waals surface area contributed by atoms with Crippen LogP contribution in [0.4, 0.5) is 0 Å². The zero-order chi connectivity index (χ0) is 15.0. The third-order valence-electron chi connectivity index (χ3n) is 2.81. The molecule has 0 aliphatic heterocycles. The van der Waals surface area contributed by atoms with E-state index in [2.05, 4.69) is 26.1 Å². The van der Waals surface area contributed by atoms with Gasteiger partial charge in [0.25, 0.3) is 0 Å². The SMILES string of the molecule is COc1ccccc1OCCNCC(Cl)CC(C)(C)C. The van der Waals surface area contributed by atoms with Crippen molar-refractivity contribution in [2.75, 3.05) is 26.8 Å². The van der Waals surface area contributed by atoms with Crippen LogP contribution in [0.15, 0.2) is 24.3 Å². The van der Waals surface area contributed by atoms with Crippen LogP contribution < -0.4 is 14.8 Å². The predicted molar refractivity (Wildman–Crippen MR) is 85.1 cm³/mol. The fourth-order valence-corrected chi connectivity index (χ4v) is 2.54. The van der Waals surface area contributed by atoms with Crippen LogP contribution >= 0.6 is 11.6 Å². The van der Waals surface area contributed by atoms with E-state index in [0.29, 0.717) is 6.61 Å². The number of para-hydroxylation sites is 2. The van der Waals surface area contributed by atoms with Crippen LogP contribution in [-0.2, 0) is 0 Å². The Morgan fingerprint density at radius 2 is 1.85 bits per heavy atom. The van der Waals surface area contributed by atoms with E-state index in [0.717, 1.165) is 31.0 Å². The first-order chi connectivity index (χ1) is 9.42. The maximum absolute atomic E-state index is 6.29. The molecule has 4 heteroatoms. The summed E-state index contributed by atoms with van der Waals surface area (Å²) >= 11 is 6.29. The summed E-state index contributed by atoms with van der Waals surface area (Å²) in [5.74, 6) is 1.53. The van der Waals surface area contributed by atoms with Crippen molar-refractivity contribution in [3.05, 3.63) is 24.3 Å². The van der Waals surface area contributed by atoms with Gasteiger partial charge < -0.3 is 14.8 Å². The van der Waals surface area contributed by atoms with Crippen molar-refractivity contribution >= 4 is 11.6 Å². The topological polar surface area (TPSA) is 30.5 Å².